The Balaban J connectivity index is 1.82. The fraction of sp³-hybridized carbons (Fsp3) is 0.571. The van der Waals surface area contributed by atoms with E-state index in [1.54, 1.807) is 0 Å². The fourth-order valence-corrected chi connectivity index (χ4v) is 2.78. The zero-order valence-electron chi connectivity index (χ0n) is 11.5. The molecule has 2 aromatic heterocycles. The molecular formula is C14H21N5. The highest BCUT2D eigenvalue weighted by atomic mass is 15.3. The lowest BCUT2D eigenvalue weighted by Gasteiger charge is -2.13. The lowest BCUT2D eigenvalue weighted by atomic mass is 10.2. The molecule has 1 fully saturated rings. The molecule has 0 radical (unpaired) electrons. The first-order valence-electron chi connectivity index (χ1n) is 6.99. The maximum Gasteiger partial charge on any atom is 0.158 e. The van der Waals surface area contributed by atoms with Gasteiger partial charge in [0.05, 0.1) is 18.1 Å². The SMILES string of the molecule is CC(C)n1ncc2cc(NC3CCC(N)C3)cnc21. The largest absolute Gasteiger partial charge is 0.381 e. The van der Waals surface area contributed by atoms with Gasteiger partial charge in [0.15, 0.2) is 5.65 Å². The van der Waals surface area contributed by atoms with E-state index in [1.165, 1.54) is 0 Å². The van der Waals surface area contributed by atoms with Crippen LogP contribution in [0.3, 0.4) is 0 Å². The number of hydrogen-bond donors (Lipinski definition) is 2. The van der Waals surface area contributed by atoms with E-state index >= 15 is 0 Å². The molecule has 0 spiro atoms. The first kappa shape index (κ1) is 12.4. The summed E-state index contributed by atoms with van der Waals surface area (Å²) in [5.41, 5.74) is 7.95. The van der Waals surface area contributed by atoms with Crippen LogP contribution in [-0.4, -0.2) is 26.8 Å². The van der Waals surface area contributed by atoms with Crippen LogP contribution in [0.5, 0.6) is 0 Å². The van der Waals surface area contributed by atoms with Gasteiger partial charge >= 0.3 is 0 Å². The van der Waals surface area contributed by atoms with Crippen molar-refractivity contribution in [2.75, 3.05) is 5.32 Å². The molecule has 19 heavy (non-hydrogen) atoms. The second-order valence-corrected chi connectivity index (χ2v) is 5.73. The number of anilines is 1. The van der Waals surface area contributed by atoms with Gasteiger partial charge in [0.2, 0.25) is 0 Å². The lowest BCUT2D eigenvalue weighted by Crippen LogP contribution is -2.20. The van der Waals surface area contributed by atoms with Gasteiger partial charge in [-0.15, -0.1) is 0 Å². The average molecular weight is 259 g/mol. The van der Waals surface area contributed by atoms with Crippen LogP contribution in [0.15, 0.2) is 18.5 Å². The first-order valence-corrected chi connectivity index (χ1v) is 6.99. The Bertz CT molecular complexity index is 574. The Hall–Kier alpha value is -1.62. The highest BCUT2D eigenvalue weighted by Gasteiger charge is 2.21. The molecule has 0 aliphatic heterocycles. The molecule has 2 aromatic rings. The summed E-state index contributed by atoms with van der Waals surface area (Å²) in [6.07, 6.45) is 7.08. The molecule has 2 unspecified atom stereocenters. The van der Waals surface area contributed by atoms with Gasteiger partial charge in [0, 0.05) is 23.5 Å². The summed E-state index contributed by atoms with van der Waals surface area (Å²) in [6, 6.07) is 3.28. The summed E-state index contributed by atoms with van der Waals surface area (Å²) >= 11 is 0. The van der Waals surface area contributed by atoms with Crippen molar-refractivity contribution in [3.8, 4) is 0 Å². The molecule has 0 amide bonds. The molecule has 2 atom stereocenters. The van der Waals surface area contributed by atoms with Crippen LogP contribution in [0, 0.1) is 0 Å². The summed E-state index contributed by atoms with van der Waals surface area (Å²) in [6.45, 7) is 4.22. The zero-order chi connectivity index (χ0) is 13.4. The average Bonchev–Trinajstić information content (AvgIpc) is 2.95. The van der Waals surface area contributed by atoms with Crippen LogP contribution in [0.4, 0.5) is 5.69 Å². The summed E-state index contributed by atoms with van der Waals surface area (Å²) in [4.78, 5) is 4.53. The van der Waals surface area contributed by atoms with E-state index in [0.717, 1.165) is 36.0 Å². The second kappa shape index (κ2) is 4.81. The van der Waals surface area contributed by atoms with Gasteiger partial charge in [-0.05, 0) is 39.2 Å². The van der Waals surface area contributed by atoms with Crippen molar-refractivity contribution in [2.24, 2.45) is 5.73 Å². The summed E-state index contributed by atoms with van der Waals surface area (Å²) < 4.78 is 1.95. The van der Waals surface area contributed by atoms with Crippen molar-refractivity contribution in [1.29, 1.82) is 0 Å². The molecule has 1 aliphatic rings. The minimum atomic E-state index is 0.330. The van der Waals surface area contributed by atoms with Crippen molar-refractivity contribution >= 4 is 16.7 Å². The van der Waals surface area contributed by atoms with Crippen molar-refractivity contribution in [1.82, 2.24) is 14.8 Å². The van der Waals surface area contributed by atoms with E-state index in [4.69, 9.17) is 5.73 Å². The number of fused-ring (bicyclic) bond motifs is 1. The van der Waals surface area contributed by atoms with Crippen molar-refractivity contribution in [3.05, 3.63) is 18.5 Å². The van der Waals surface area contributed by atoms with E-state index in [1.807, 2.05) is 17.1 Å². The van der Waals surface area contributed by atoms with Crippen molar-refractivity contribution in [2.45, 2.75) is 51.2 Å². The highest BCUT2D eigenvalue weighted by molar-refractivity contribution is 5.78. The van der Waals surface area contributed by atoms with Crippen molar-refractivity contribution in [3.63, 3.8) is 0 Å². The smallest absolute Gasteiger partial charge is 0.158 e. The molecule has 3 N–H and O–H groups in total. The minimum Gasteiger partial charge on any atom is -0.381 e. The van der Waals surface area contributed by atoms with Gasteiger partial charge in [0.25, 0.3) is 0 Å². The molecule has 3 rings (SSSR count). The molecule has 0 aromatic carbocycles. The standard InChI is InChI=1S/C14H21N5/c1-9(2)19-14-10(7-17-19)5-13(8-16-14)18-12-4-3-11(15)6-12/h5,7-9,11-12,18H,3-4,6,15H2,1-2H3. The third-order valence-electron chi connectivity index (χ3n) is 3.77. The number of nitrogens with two attached hydrogens (primary N) is 1. The zero-order valence-corrected chi connectivity index (χ0v) is 11.5. The summed E-state index contributed by atoms with van der Waals surface area (Å²) in [5, 5.41) is 8.99. The predicted octanol–water partition coefficient (Wildman–Crippen LogP) is 2.30. The van der Waals surface area contributed by atoms with E-state index in [-0.39, 0.29) is 0 Å². The topological polar surface area (TPSA) is 68.8 Å². The van der Waals surface area contributed by atoms with Crippen LogP contribution in [0.1, 0.15) is 39.2 Å². The minimum absolute atomic E-state index is 0.330. The molecular weight excluding hydrogens is 238 g/mol. The van der Waals surface area contributed by atoms with Crippen LogP contribution in [-0.2, 0) is 0 Å². The summed E-state index contributed by atoms with van der Waals surface area (Å²) in [7, 11) is 0. The van der Waals surface area contributed by atoms with Gasteiger partial charge < -0.3 is 11.1 Å². The van der Waals surface area contributed by atoms with Gasteiger partial charge in [-0.25, -0.2) is 9.67 Å². The third-order valence-corrected chi connectivity index (χ3v) is 3.77. The van der Waals surface area contributed by atoms with E-state index in [2.05, 4.69) is 35.3 Å². The van der Waals surface area contributed by atoms with E-state index < -0.39 is 0 Å². The van der Waals surface area contributed by atoms with Gasteiger partial charge in [-0.1, -0.05) is 0 Å². The molecule has 5 nitrogen and oxygen atoms in total. The molecule has 5 heteroatoms. The van der Waals surface area contributed by atoms with Crippen LogP contribution in [0.2, 0.25) is 0 Å². The van der Waals surface area contributed by atoms with E-state index in [9.17, 15) is 0 Å². The quantitative estimate of drug-likeness (QED) is 0.887. The highest BCUT2D eigenvalue weighted by Crippen LogP contribution is 2.24. The lowest BCUT2D eigenvalue weighted by molar-refractivity contribution is 0.546. The molecule has 2 heterocycles. The third kappa shape index (κ3) is 2.42. The Morgan fingerprint density at radius 1 is 1.37 bits per heavy atom. The fourth-order valence-electron chi connectivity index (χ4n) is 2.78. The first-order chi connectivity index (χ1) is 9.13. The van der Waals surface area contributed by atoms with Gasteiger partial charge in [0.1, 0.15) is 0 Å². The number of nitrogens with zero attached hydrogens (tertiary/aromatic N) is 3. The number of nitrogens with one attached hydrogen (secondary N) is 1. The van der Waals surface area contributed by atoms with Crippen LogP contribution in [0.25, 0.3) is 11.0 Å². The summed E-state index contributed by atoms with van der Waals surface area (Å²) in [5.74, 6) is 0. The monoisotopic (exact) mass is 259 g/mol. The molecule has 1 saturated carbocycles. The van der Waals surface area contributed by atoms with Crippen LogP contribution < -0.4 is 11.1 Å². The van der Waals surface area contributed by atoms with E-state index in [0.29, 0.717) is 18.1 Å². The van der Waals surface area contributed by atoms with Gasteiger partial charge in [-0.3, -0.25) is 0 Å². The number of pyridine rings is 1. The Morgan fingerprint density at radius 3 is 2.89 bits per heavy atom. The number of hydrogen-bond acceptors (Lipinski definition) is 4. The van der Waals surface area contributed by atoms with Crippen molar-refractivity contribution < 1.29 is 0 Å². The Kier molecular flexibility index (Phi) is 3.14. The van der Waals surface area contributed by atoms with Gasteiger partial charge in [-0.2, -0.15) is 5.10 Å². The molecule has 0 saturated heterocycles. The maximum absolute atomic E-state index is 5.94. The Labute approximate surface area is 113 Å². The molecule has 102 valence electrons. The van der Waals surface area contributed by atoms with Crippen LogP contribution >= 0.6 is 0 Å². The molecule has 0 bridgehead atoms. The predicted molar refractivity (Wildman–Crippen MR) is 77.2 cm³/mol. The maximum atomic E-state index is 5.94. The molecule has 1 aliphatic carbocycles. The number of aromatic nitrogens is 3. The normalized spacial score (nSPS) is 23.4. The second-order valence-electron chi connectivity index (χ2n) is 5.73. The number of rotatable bonds is 3. The Morgan fingerprint density at radius 2 is 2.21 bits per heavy atom.